The summed E-state index contributed by atoms with van der Waals surface area (Å²) in [7, 11) is 0. The van der Waals surface area contributed by atoms with Crippen LogP contribution < -0.4 is 5.32 Å². The van der Waals surface area contributed by atoms with Gasteiger partial charge in [0, 0.05) is 23.9 Å². The molecule has 2 unspecified atom stereocenters. The lowest BCUT2D eigenvalue weighted by molar-refractivity contribution is 0.399. The van der Waals surface area contributed by atoms with E-state index < -0.39 is 0 Å². The van der Waals surface area contributed by atoms with Gasteiger partial charge >= 0.3 is 0 Å². The predicted octanol–water partition coefficient (Wildman–Crippen LogP) is 2.84. The second-order valence-corrected chi connectivity index (χ2v) is 4.44. The molecule has 2 atom stereocenters. The smallest absolute Gasteiger partial charge is 0.0139 e. The van der Waals surface area contributed by atoms with E-state index in [-0.39, 0.29) is 0 Å². The highest BCUT2D eigenvalue weighted by atomic mass is 14.9. The van der Waals surface area contributed by atoms with E-state index in [1.807, 2.05) is 0 Å². The molecule has 0 saturated heterocycles. The average molecular weight is 201 g/mol. The molecule has 0 aromatic heterocycles. The summed E-state index contributed by atoms with van der Waals surface area (Å²) in [5.41, 5.74) is 0. The van der Waals surface area contributed by atoms with Crippen LogP contribution in [0.25, 0.3) is 0 Å². The molecule has 2 rings (SSSR count). The summed E-state index contributed by atoms with van der Waals surface area (Å²) in [6, 6.07) is 1.02. The SMILES string of the molecule is CC(NC(C)C1C=CC=C1)C1C=CC=C1. The maximum Gasteiger partial charge on any atom is 0.0139 e. The van der Waals surface area contributed by atoms with Crippen LogP contribution in [0, 0.1) is 11.8 Å². The normalized spacial score (nSPS) is 24.1. The van der Waals surface area contributed by atoms with Crippen molar-refractivity contribution in [2.45, 2.75) is 25.9 Å². The van der Waals surface area contributed by atoms with Crippen LogP contribution >= 0.6 is 0 Å². The van der Waals surface area contributed by atoms with Gasteiger partial charge in [-0.1, -0.05) is 48.6 Å². The van der Waals surface area contributed by atoms with Crippen molar-refractivity contribution < 1.29 is 0 Å². The molecule has 0 fully saturated rings. The number of hydrogen-bond acceptors (Lipinski definition) is 1. The zero-order chi connectivity index (χ0) is 10.7. The Kier molecular flexibility index (Phi) is 3.22. The fourth-order valence-corrected chi connectivity index (χ4v) is 2.20. The van der Waals surface area contributed by atoms with Gasteiger partial charge in [-0.15, -0.1) is 0 Å². The minimum atomic E-state index is 0.511. The third-order valence-electron chi connectivity index (χ3n) is 3.24. The Bertz CT molecular complexity index is 266. The molecule has 0 amide bonds. The first kappa shape index (κ1) is 10.4. The van der Waals surface area contributed by atoms with E-state index in [0.717, 1.165) is 0 Å². The van der Waals surface area contributed by atoms with Crippen LogP contribution in [-0.2, 0) is 0 Å². The van der Waals surface area contributed by atoms with Crippen LogP contribution in [0.5, 0.6) is 0 Å². The maximum atomic E-state index is 3.66. The van der Waals surface area contributed by atoms with E-state index in [1.54, 1.807) is 0 Å². The van der Waals surface area contributed by atoms with Crippen molar-refractivity contribution in [3.8, 4) is 0 Å². The first-order chi connectivity index (χ1) is 7.27. The molecule has 0 saturated carbocycles. The van der Waals surface area contributed by atoms with Crippen molar-refractivity contribution >= 4 is 0 Å². The molecule has 0 aliphatic heterocycles. The van der Waals surface area contributed by atoms with Crippen LogP contribution in [0.3, 0.4) is 0 Å². The van der Waals surface area contributed by atoms with Crippen molar-refractivity contribution in [2.24, 2.45) is 11.8 Å². The Hall–Kier alpha value is -1.08. The topological polar surface area (TPSA) is 12.0 Å². The molecule has 2 aliphatic rings. The van der Waals surface area contributed by atoms with Crippen molar-refractivity contribution in [3.63, 3.8) is 0 Å². The molecule has 0 spiro atoms. The molecule has 1 heteroatoms. The minimum absolute atomic E-state index is 0.511. The quantitative estimate of drug-likeness (QED) is 0.737. The molecule has 0 radical (unpaired) electrons. The molecule has 0 aromatic rings. The zero-order valence-corrected chi connectivity index (χ0v) is 9.43. The monoisotopic (exact) mass is 201 g/mol. The van der Waals surface area contributed by atoms with Gasteiger partial charge in [0.25, 0.3) is 0 Å². The Morgan fingerprint density at radius 3 is 1.40 bits per heavy atom. The van der Waals surface area contributed by atoms with Gasteiger partial charge in [-0.3, -0.25) is 0 Å². The van der Waals surface area contributed by atoms with Gasteiger partial charge < -0.3 is 5.32 Å². The lowest BCUT2D eigenvalue weighted by Crippen LogP contribution is -2.41. The fraction of sp³-hybridized carbons (Fsp3) is 0.429. The molecule has 1 nitrogen and oxygen atoms in total. The highest BCUT2D eigenvalue weighted by Gasteiger charge is 2.19. The van der Waals surface area contributed by atoms with Crippen molar-refractivity contribution in [3.05, 3.63) is 48.6 Å². The first-order valence-electron chi connectivity index (χ1n) is 5.73. The third-order valence-corrected chi connectivity index (χ3v) is 3.24. The predicted molar refractivity (Wildman–Crippen MR) is 65.6 cm³/mol. The Labute approximate surface area is 92.3 Å². The number of hydrogen-bond donors (Lipinski definition) is 1. The molecular formula is C14H19N. The van der Waals surface area contributed by atoms with E-state index >= 15 is 0 Å². The molecule has 0 bridgehead atoms. The summed E-state index contributed by atoms with van der Waals surface area (Å²) >= 11 is 0. The molecule has 0 heterocycles. The maximum absolute atomic E-state index is 3.66. The summed E-state index contributed by atoms with van der Waals surface area (Å²) in [5.74, 6) is 1.11. The van der Waals surface area contributed by atoms with Crippen LogP contribution in [-0.4, -0.2) is 12.1 Å². The Balaban J connectivity index is 1.85. The van der Waals surface area contributed by atoms with E-state index in [2.05, 4.69) is 67.8 Å². The van der Waals surface area contributed by atoms with Gasteiger partial charge in [-0.2, -0.15) is 0 Å². The van der Waals surface area contributed by atoms with Crippen LogP contribution in [0.1, 0.15) is 13.8 Å². The highest BCUT2D eigenvalue weighted by Crippen LogP contribution is 2.18. The van der Waals surface area contributed by atoms with E-state index in [4.69, 9.17) is 0 Å². The Morgan fingerprint density at radius 2 is 1.07 bits per heavy atom. The molecule has 2 aliphatic carbocycles. The number of allylic oxidation sites excluding steroid dienone is 4. The summed E-state index contributed by atoms with van der Waals surface area (Å²) in [6.45, 7) is 4.51. The van der Waals surface area contributed by atoms with Crippen LogP contribution in [0.2, 0.25) is 0 Å². The Morgan fingerprint density at radius 1 is 0.733 bits per heavy atom. The van der Waals surface area contributed by atoms with Gasteiger partial charge in [0.05, 0.1) is 0 Å². The van der Waals surface area contributed by atoms with Gasteiger partial charge in [-0.05, 0) is 13.8 Å². The van der Waals surface area contributed by atoms with E-state index in [0.29, 0.717) is 23.9 Å². The van der Waals surface area contributed by atoms with Crippen molar-refractivity contribution in [1.29, 1.82) is 0 Å². The van der Waals surface area contributed by atoms with Gasteiger partial charge in [-0.25, -0.2) is 0 Å². The van der Waals surface area contributed by atoms with Gasteiger partial charge in [0.15, 0.2) is 0 Å². The van der Waals surface area contributed by atoms with Crippen LogP contribution in [0.15, 0.2) is 48.6 Å². The number of rotatable bonds is 4. The molecular weight excluding hydrogens is 182 g/mol. The van der Waals surface area contributed by atoms with E-state index in [1.165, 1.54) is 0 Å². The summed E-state index contributed by atoms with van der Waals surface area (Å²) in [4.78, 5) is 0. The van der Waals surface area contributed by atoms with Gasteiger partial charge in [0.1, 0.15) is 0 Å². The summed E-state index contributed by atoms with van der Waals surface area (Å²) in [5, 5.41) is 3.66. The lowest BCUT2D eigenvalue weighted by Gasteiger charge is -2.25. The second-order valence-electron chi connectivity index (χ2n) is 4.44. The lowest BCUT2D eigenvalue weighted by atomic mass is 9.98. The second kappa shape index (κ2) is 4.63. The molecule has 80 valence electrons. The van der Waals surface area contributed by atoms with E-state index in [9.17, 15) is 0 Å². The van der Waals surface area contributed by atoms with Gasteiger partial charge in [0.2, 0.25) is 0 Å². The first-order valence-corrected chi connectivity index (χ1v) is 5.73. The zero-order valence-electron chi connectivity index (χ0n) is 9.43. The fourth-order valence-electron chi connectivity index (χ4n) is 2.20. The standard InChI is InChI=1S/C14H19N/c1-11(13-7-3-4-8-13)15-12(2)14-9-5-6-10-14/h3-15H,1-2H3. The summed E-state index contributed by atoms with van der Waals surface area (Å²) in [6.07, 6.45) is 17.5. The van der Waals surface area contributed by atoms with Crippen LogP contribution in [0.4, 0.5) is 0 Å². The minimum Gasteiger partial charge on any atom is -0.310 e. The molecule has 0 aromatic carbocycles. The largest absolute Gasteiger partial charge is 0.310 e. The third kappa shape index (κ3) is 2.48. The molecule has 15 heavy (non-hydrogen) atoms. The number of nitrogens with one attached hydrogen (secondary N) is 1. The average Bonchev–Trinajstić information content (AvgIpc) is 2.91. The van der Waals surface area contributed by atoms with Crippen molar-refractivity contribution in [2.75, 3.05) is 0 Å². The van der Waals surface area contributed by atoms with Crippen molar-refractivity contribution in [1.82, 2.24) is 5.32 Å². The summed E-state index contributed by atoms with van der Waals surface area (Å²) < 4.78 is 0. The highest BCUT2D eigenvalue weighted by molar-refractivity contribution is 5.21. The molecule has 1 N–H and O–H groups in total.